The van der Waals surface area contributed by atoms with Gasteiger partial charge in [0.2, 0.25) is 0 Å². The van der Waals surface area contributed by atoms with Crippen LogP contribution in [0.5, 0.6) is 0 Å². The van der Waals surface area contributed by atoms with Gasteiger partial charge < -0.3 is 5.32 Å². The minimum Gasteiger partial charge on any atom is -0.378 e. The summed E-state index contributed by atoms with van der Waals surface area (Å²) in [5, 5.41) is 5.85. The lowest BCUT2D eigenvalue weighted by Gasteiger charge is -2.24. The van der Waals surface area contributed by atoms with Gasteiger partial charge in [-0.05, 0) is 48.4 Å². The number of para-hydroxylation sites is 1. The average Bonchev–Trinajstić information content (AvgIpc) is 2.80. The molecule has 0 amide bonds. The van der Waals surface area contributed by atoms with Crippen LogP contribution in [0.1, 0.15) is 29.3 Å². The lowest BCUT2D eigenvalue weighted by molar-refractivity contribution is 0.609. The second-order valence-electron chi connectivity index (χ2n) is 4.25. The summed E-state index contributed by atoms with van der Waals surface area (Å²) in [4.78, 5) is 1.57. The first kappa shape index (κ1) is 9.91. The Morgan fingerprint density at radius 1 is 1.12 bits per heavy atom. The number of fused-ring (bicyclic) bond motifs is 1. The van der Waals surface area contributed by atoms with Gasteiger partial charge in [0.15, 0.2) is 0 Å². The highest BCUT2D eigenvalue weighted by Crippen LogP contribution is 2.35. The third kappa shape index (κ3) is 1.85. The summed E-state index contributed by atoms with van der Waals surface area (Å²) in [7, 11) is 0. The largest absolute Gasteiger partial charge is 0.378 e. The number of thiophene rings is 1. The van der Waals surface area contributed by atoms with Crippen LogP contribution in [0.3, 0.4) is 0 Å². The van der Waals surface area contributed by atoms with Crippen LogP contribution in [0.25, 0.3) is 0 Å². The summed E-state index contributed by atoms with van der Waals surface area (Å²) in [6.07, 6.45) is 3.82. The fourth-order valence-corrected chi connectivity index (χ4v) is 3.36. The molecular weight excluding hydrogens is 214 g/mol. The van der Waals surface area contributed by atoms with Gasteiger partial charge in [-0.1, -0.05) is 18.2 Å². The van der Waals surface area contributed by atoms with E-state index in [1.165, 1.54) is 30.5 Å². The predicted molar refractivity (Wildman–Crippen MR) is 70.1 cm³/mol. The smallest absolute Gasteiger partial charge is 0.0524 e. The number of rotatable bonds is 2. The molecule has 0 aliphatic heterocycles. The summed E-state index contributed by atoms with van der Waals surface area (Å²) in [5.41, 5.74) is 2.74. The number of nitrogens with one attached hydrogen (secondary N) is 1. The number of hydrogen-bond donors (Lipinski definition) is 1. The van der Waals surface area contributed by atoms with Crippen molar-refractivity contribution in [2.45, 2.75) is 25.3 Å². The van der Waals surface area contributed by atoms with Crippen LogP contribution in [0.15, 0.2) is 41.8 Å². The van der Waals surface area contributed by atoms with Gasteiger partial charge in [0.05, 0.1) is 6.04 Å². The maximum Gasteiger partial charge on any atom is 0.0524 e. The minimum atomic E-state index is 0.511. The standard InChI is InChI=1S/C14H15NS/c1-2-5-11(6-3-1)15-13-7-4-8-14-12(13)9-10-16-14/h1-3,5-6,9-10,13,15H,4,7-8H2. The Bertz CT molecular complexity index is 461. The molecule has 0 saturated carbocycles. The van der Waals surface area contributed by atoms with E-state index in [0.717, 1.165) is 0 Å². The van der Waals surface area contributed by atoms with Crippen molar-refractivity contribution >= 4 is 17.0 Å². The van der Waals surface area contributed by atoms with Crippen molar-refractivity contribution in [2.24, 2.45) is 0 Å². The fourth-order valence-electron chi connectivity index (χ4n) is 2.37. The van der Waals surface area contributed by atoms with E-state index < -0.39 is 0 Å². The zero-order chi connectivity index (χ0) is 10.8. The van der Waals surface area contributed by atoms with Crippen molar-refractivity contribution < 1.29 is 0 Å². The van der Waals surface area contributed by atoms with Gasteiger partial charge in [0, 0.05) is 10.6 Å². The molecule has 0 bridgehead atoms. The van der Waals surface area contributed by atoms with Gasteiger partial charge in [0.25, 0.3) is 0 Å². The van der Waals surface area contributed by atoms with Crippen molar-refractivity contribution in [1.29, 1.82) is 0 Å². The summed E-state index contributed by atoms with van der Waals surface area (Å²) in [6.45, 7) is 0. The maximum atomic E-state index is 3.63. The molecule has 1 atom stereocenters. The van der Waals surface area contributed by atoms with Crippen molar-refractivity contribution in [3.05, 3.63) is 52.2 Å². The van der Waals surface area contributed by atoms with E-state index in [0.29, 0.717) is 6.04 Å². The first-order valence-corrected chi connectivity index (χ1v) is 6.69. The van der Waals surface area contributed by atoms with E-state index in [1.807, 2.05) is 11.3 Å². The lowest BCUT2D eigenvalue weighted by Crippen LogP contribution is -2.15. The normalized spacial score (nSPS) is 19.1. The molecule has 1 aromatic heterocycles. The van der Waals surface area contributed by atoms with Crippen LogP contribution in [0.4, 0.5) is 5.69 Å². The van der Waals surface area contributed by atoms with Gasteiger partial charge in [0.1, 0.15) is 0 Å². The van der Waals surface area contributed by atoms with Crippen LogP contribution in [0.2, 0.25) is 0 Å². The first-order valence-electron chi connectivity index (χ1n) is 5.81. The van der Waals surface area contributed by atoms with Gasteiger partial charge in [-0.2, -0.15) is 0 Å². The molecule has 2 aromatic rings. The van der Waals surface area contributed by atoms with E-state index in [2.05, 4.69) is 47.1 Å². The molecule has 0 saturated heterocycles. The third-order valence-corrected chi connectivity index (χ3v) is 4.16. The highest BCUT2D eigenvalue weighted by atomic mass is 32.1. The zero-order valence-electron chi connectivity index (χ0n) is 9.15. The number of anilines is 1. The number of aryl methyl sites for hydroxylation is 1. The molecule has 1 aromatic carbocycles. The van der Waals surface area contributed by atoms with Crippen LogP contribution in [0, 0.1) is 0 Å². The quantitative estimate of drug-likeness (QED) is 0.812. The van der Waals surface area contributed by atoms with E-state index >= 15 is 0 Å². The zero-order valence-corrected chi connectivity index (χ0v) is 9.96. The lowest BCUT2D eigenvalue weighted by atomic mass is 9.94. The van der Waals surface area contributed by atoms with Gasteiger partial charge in [-0.3, -0.25) is 0 Å². The number of benzene rings is 1. The Labute approximate surface area is 100 Å². The topological polar surface area (TPSA) is 12.0 Å². The molecule has 0 fully saturated rings. The van der Waals surface area contributed by atoms with Crippen molar-refractivity contribution in [3.8, 4) is 0 Å². The SMILES string of the molecule is c1ccc(NC2CCCc3sccc32)cc1. The summed E-state index contributed by atoms with van der Waals surface area (Å²) < 4.78 is 0. The Morgan fingerprint density at radius 2 is 2.00 bits per heavy atom. The molecular formula is C14H15NS. The molecule has 0 spiro atoms. The summed E-state index contributed by atoms with van der Waals surface area (Å²) >= 11 is 1.90. The first-order chi connectivity index (χ1) is 7.93. The minimum absolute atomic E-state index is 0.511. The van der Waals surface area contributed by atoms with E-state index in [4.69, 9.17) is 0 Å². The molecule has 1 heterocycles. The maximum absolute atomic E-state index is 3.63. The second-order valence-corrected chi connectivity index (χ2v) is 5.25. The molecule has 0 radical (unpaired) electrons. The monoisotopic (exact) mass is 229 g/mol. The Balaban J connectivity index is 1.83. The molecule has 16 heavy (non-hydrogen) atoms. The Kier molecular flexibility index (Phi) is 2.66. The summed E-state index contributed by atoms with van der Waals surface area (Å²) in [5.74, 6) is 0. The van der Waals surface area contributed by atoms with Gasteiger partial charge >= 0.3 is 0 Å². The van der Waals surface area contributed by atoms with E-state index in [9.17, 15) is 0 Å². The van der Waals surface area contributed by atoms with Crippen LogP contribution in [-0.2, 0) is 6.42 Å². The molecule has 3 rings (SSSR count). The highest BCUT2D eigenvalue weighted by Gasteiger charge is 2.20. The second kappa shape index (κ2) is 4.30. The Morgan fingerprint density at radius 3 is 2.88 bits per heavy atom. The van der Waals surface area contributed by atoms with Crippen LogP contribution >= 0.6 is 11.3 Å². The fraction of sp³-hybridized carbons (Fsp3) is 0.286. The highest BCUT2D eigenvalue weighted by molar-refractivity contribution is 7.10. The molecule has 1 nitrogen and oxygen atoms in total. The van der Waals surface area contributed by atoms with Gasteiger partial charge in [-0.25, -0.2) is 0 Å². The van der Waals surface area contributed by atoms with Gasteiger partial charge in [-0.15, -0.1) is 11.3 Å². The molecule has 1 unspecified atom stereocenters. The molecule has 1 aliphatic carbocycles. The van der Waals surface area contributed by atoms with Crippen molar-refractivity contribution in [1.82, 2.24) is 0 Å². The van der Waals surface area contributed by atoms with Crippen molar-refractivity contribution in [3.63, 3.8) is 0 Å². The molecule has 2 heteroatoms. The summed E-state index contributed by atoms with van der Waals surface area (Å²) in [6, 6.07) is 13.3. The third-order valence-electron chi connectivity index (χ3n) is 3.17. The molecule has 82 valence electrons. The molecule has 1 N–H and O–H groups in total. The number of hydrogen-bond acceptors (Lipinski definition) is 2. The van der Waals surface area contributed by atoms with Crippen LogP contribution < -0.4 is 5.32 Å². The van der Waals surface area contributed by atoms with Crippen LogP contribution in [-0.4, -0.2) is 0 Å². The average molecular weight is 229 g/mol. The predicted octanol–water partition coefficient (Wildman–Crippen LogP) is 4.24. The van der Waals surface area contributed by atoms with E-state index in [1.54, 1.807) is 4.88 Å². The Hall–Kier alpha value is -1.28. The van der Waals surface area contributed by atoms with E-state index in [-0.39, 0.29) is 0 Å². The molecule has 1 aliphatic rings. The van der Waals surface area contributed by atoms with Crippen molar-refractivity contribution in [2.75, 3.05) is 5.32 Å².